The van der Waals surface area contributed by atoms with Crippen molar-refractivity contribution in [1.29, 1.82) is 0 Å². The van der Waals surface area contributed by atoms with Crippen LogP contribution in [0.2, 0.25) is 5.02 Å². The normalized spacial score (nSPS) is 16.7. The van der Waals surface area contributed by atoms with Crippen LogP contribution in [0.1, 0.15) is 27.1 Å². The second-order valence-electron chi connectivity index (χ2n) is 6.98. The van der Waals surface area contributed by atoms with Crippen LogP contribution < -0.4 is 0 Å². The third kappa shape index (κ3) is 3.42. The van der Waals surface area contributed by atoms with Gasteiger partial charge in [-0.2, -0.15) is 0 Å². The topological polar surface area (TPSA) is 91.8 Å². The van der Waals surface area contributed by atoms with Crippen molar-refractivity contribution in [3.63, 3.8) is 0 Å². The molecule has 0 atom stereocenters. The molecule has 2 aliphatic heterocycles. The van der Waals surface area contributed by atoms with Crippen LogP contribution in [0.15, 0.2) is 53.4 Å². The molecule has 7 nitrogen and oxygen atoms in total. The summed E-state index contributed by atoms with van der Waals surface area (Å²) in [6.07, 6.45) is -0.0425. The first kappa shape index (κ1) is 19.6. The second-order valence-corrected chi connectivity index (χ2v) is 9.64. The van der Waals surface area contributed by atoms with Crippen LogP contribution >= 0.6 is 11.6 Å². The van der Waals surface area contributed by atoms with Crippen molar-refractivity contribution in [1.82, 2.24) is 9.80 Å². The van der Waals surface area contributed by atoms with Crippen molar-refractivity contribution in [3.8, 4) is 0 Å². The van der Waals surface area contributed by atoms with Crippen LogP contribution in [-0.4, -0.2) is 60.8 Å². The number of carbonyl (C=O) groups is 3. The highest BCUT2D eigenvalue weighted by atomic mass is 35.5. The summed E-state index contributed by atoms with van der Waals surface area (Å²) in [6.45, 7) is 0.147. The Morgan fingerprint density at radius 1 is 0.966 bits per heavy atom. The molecular weight excluding hydrogens is 416 g/mol. The number of hydrogen-bond donors (Lipinski definition) is 0. The summed E-state index contributed by atoms with van der Waals surface area (Å²) in [5.41, 5.74) is 0.672. The van der Waals surface area contributed by atoms with Gasteiger partial charge in [0.25, 0.3) is 11.8 Å². The minimum atomic E-state index is -3.54. The van der Waals surface area contributed by atoms with E-state index in [1.807, 2.05) is 0 Å². The lowest BCUT2D eigenvalue weighted by molar-refractivity contribution is -0.134. The van der Waals surface area contributed by atoms with Gasteiger partial charge in [-0.3, -0.25) is 19.3 Å². The van der Waals surface area contributed by atoms with Gasteiger partial charge in [-0.15, -0.1) is 0 Å². The van der Waals surface area contributed by atoms with Gasteiger partial charge in [-0.25, -0.2) is 8.42 Å². The van der Waals surface area contributed by atoms with Gasteiger partial charge in [0.05, 0.1) is 16.0 Å². The minimum absolute atomic E-state index is 0.0315. The van der Waals surface area contributed by atoms with E-state index in [9.17, 15) is 22.8 Å². The number of hydrogen-bond acceptors (Lipinski definition) is 5. The number of likely N-dealkylation sites (tertiary alicyclic amines) is 1. The number of amides is 3. The second kappa shape index (κ2) is 7.27. The van der Waals surface area contributed by atoms with Gasteiger partial charge in [-0.05, 0) is 36.4 Å². The fourth-order valence-corrected chi connectivity index (χ4v) is 5.24. The quantitative estimate of drug-likeness (QED) is 0.674. The SMILES string of the molecule is O=C(CCN1C(=O)c2ccccc2C1=O)N1CC(S(=O)(=O)c2ccc(Cl)cc2)C1. The minimum Gasteiger partial charge on any atom is -0.340 e. The van der Waals surface area contributed by atoms with Crippen LogP contribution in [0, 0.1) is 0 Å². The Morgan fingerprint density at radius 3 is 2.07 bits per heavy atom. The van der Waals surface area contributed by atoms with E-state index < -0.39 is 26.9 Å². The van der Waals surface area contributed by atoms with Crippen molar-refractivity contribution < 1.29 is 22.8 Å². The van der Waals surface area contributed by atoms with E-state index >= 15 is 0 Å². The fourth-order valence-electron chi connectivity index (χ4n) is 3.46. The largest absolute Gasteiger partial charge is 0.340 e. The lowest BCUT2D eigenvalue weighted by Crippen LogP contribution is -2.57. The summed E-state index contributed by atoms with van der Waals surface area (Å²) in [7, 11) is -3.54. The van der Waals surface area contributed by atoms with Crippen molar-refractivity contribution in [2.45, 2.75) is 16.6 Å². The number of imide groups is 1. The first-order valence-electron chi connectivity index (χ1n) is 9.01. The van der Waals surface area contributed by atoms with E-state index in [1.165, 1.54) is 29.2 Å². The molecule has 0 unspecified atom stereocenters. The number of fused-ring (bicyclic) bond motifs is 1. The molecule has 4 rings (SSSR count). The van der Waals surface area contributed by atoms with E-state index in [0.29, 0.717) is 16.1 Å². The van der Waals surface area contributed by atoms with Crippen molar-refractivity contribution >= 4 is 39.2 Å². The molecule has 1 saturated heterocycles. The van der Waals surface area contributed by atoms with Crippen LogP contribution in [-0.2, 0) is 14.6 Å². The third-order valence-electron chi connectivity index (χ3n) is 5.21. The molecule has 29 heavy (non-hydrogen) atoms. The number of rotatable bonds is 5. The maximum atomic E-state index is 12.6. The highest BCUT2D eigenvalue weighted by molar-refractivity contribution is 7.92. The molecule has 1 fully saturated rings. The van der Waals surface area contributed by atoms with Crippen LogP contribution in [0.5, 0.6) is 0 Å². The van der Waals surface area contributed by atoms with Crippen molar-refractivity contribution in [2.75, 3.05) is 19.6 Å². The van der Waals surface area contributed by atoms with Crippen LogP contribution in [0.3, 0.4) is 0 Å². The Balaban J connectivity index is 1.33. The third-order valence-corrected chi connectivity index (χ3v) is 7.57. The standard InChI is InChI=1S/C20H17ClN2O5S/c21-13-5-7-14(8-6-13)29(27,28)15-11-22(12-15)18(24)9-10-23-19(25)16-3-1-2-4-17(16)20(23)26/h1-8,15H,9-12H2. The van der Waals surface area contributed by atoms with Crippen molar-refractivity contribution in [2.24, 2.45) is 0 Å². The molecule has 150 valence electrons. The predicted octanol–water partition coefficient (Wildman–Crippen LogP) is 2.01. The maximum Gasteiger partial charge on any atom is 0.261 e. The first-order chi connectivity index (χ1) is 13.8. The highest BCUT2D eigenvalue weighted by Crippen LogP contribution is 2.26. The number of sulfone groups is 1. The van der Waals surface area contributed by atoms with Gasteiger partial charge < -0.3 is 4.90 Å². The lowest BCUT2D eigenvalue weighted by atomic mass is 10.1. The summed E-state index contributed by atoms with van der Waals surface area (Å²) >= 11 is 5.79. The number of benzene rings is 2. The summed E-state index contributed by atoms with van der Waals surface area (Å²) in [6, 6.07) is 12.4. The average molecular weight is 433 g/mol. The fraction of sp³-hybridized carbons (Fsp3) is 0.250. The molecule has 0 spiro atoms. The van der Waals surface area contributed by atoms with Crippen molar-refractivity contribution in [3.05, 3.63) is 64.7 Å². The van der Waals surface area contributed by atoms with Gasteiger partial charge in [-0.1, -0.05) is 23.7 Å². The van der Waals surface area contributed by atoms with E-state index in [-0.39, 0.29) is 36.9 Å². The monoisotopic (exact) mass is 432 g/mol. The molecule has 0 aromatic heterocycles. The lowest BCUT2D eigenvalue weighted by Gasteiger charge is -2.38. The van der Waals surface area contributed by atoms with E-state index in [2.05, 4.69) is 0 Å². The molecular formula is C20H17ClN2O5S. The molecule has 2 aliphatic rings. The predicted molar refractivity (Wildman–Crippen MR) is 105 cm³/mol. The smallest absolute Gasteiger partial charge is 0.261 e. The molecule has 0 saturated carbocycles. The maximum absolute atomic E-state index is 12.6. The van der Waals surface area contributed by atoms with Gasteiger partial charge in [0.1, 0.15) is 5.25 Å². The van der Waals surface area contributed by atoms with E-state index in [0.717, 1.165) is 4.90 Å². The Bertz CT molecular complexity index is 1070. The number of nitrogens with zero attached hydrogens (tertiary/aromatic N) is 2. The highest BCUT2D eigenvalue weighted by Gasteiger charge is 2.41. The molecule has 2 aromatic carbocycles. The Hall–Kier alpha value is -2.71. The van der Waals surface area contributed by atoms with Gasteiger partial charge in [0.2, 0.25) is 5.91 Å². The molecule has 3 amide bonds. The zero-order chi connectivity index (χ0) is 20.8. The Kier molecular flexibility index (Phi) is 4.92. The Morgan fingerprint density at radius 2 is 1.52 bits per heavy atom. The summed E-state index contributed by atoms with van der Waals surface area (Å²) in [5.74, 6) is -1.11. The molecule has 0 radical (unpaired) electrons. The van der Waals surface area contributed by atoms with Gasteiger partial charge in [0.15, 0.2) is 9.84 Å². The molecule has 2 aromatic rings. The number of carbonyl (C=O) groups excluding carboxylic acids is 3. The van der Waals surface area contributed by atoms with E-state index in [1.54, 1.807) is 24.3 Å². The zero-order valence-electron chi connectivity index (χ0n) is 15.2. The average Bonchev–Trinajstić information content (AvgIpc) is 2.90. The van der Waals surface area contributed by atoms with E-state index in [4.69, 9.17) is 11.6 Å². The zero-order valence-corrected chi connectivity index (χ0v) is 16.8. The summed E-state index contributed by atoms with van der Waals surface area (Å²) in [5, 5.41) is -0.227. The molecule has 9 heteroatoms. The molecule has 2 heterocycles. The van der Waals surface area contributed by atoms with Crippen LogP contribution in [0.4, 0.5) is 0 Å². The summed E-state index contributed by atoms with van der Waals surface area (Å²) < 4.78 is 25.2. The summed E-state index contributed by atoms with van der Waals surface area (Å²) in [4.78, 5) is 39.7. The molecule has 0 bridgehead atoms. The van der Waals surface area contributed by atoms with Crippen LogP contribution in [0.25, 0.3) is 0 Å². The molecule has 0 aliphatic carbocycles. The Labute approximate surface area is 172 Å². The molecule has 0 N–H and O–H groups in total. The van der Waals surface area contributed by atoms with Gasteiger partial charge >= 0.3 is 0 Å². The van der Waals surface area contributed by atoms with Gasteiger partial charge in [0, 0.05) is 31.1 Å². The first-order valence-corrected chi connectivity index (χ1v) is 10.9. The number of halogens is 1.